The lowest BCUT2D eigenvalue weighted by atomic mass is 10.1. The molecule has 2 aromatic rings. The highest BCUT2D eigenvalue weighted by molar-refractivity contribution is 6.31. The second kappa shape index (κ2) is 7.08. The summed E-state index contributed by atoms with van der Waals surface area (Å²) >= 11 is 5.99. The Hall–Kier alpha value is -1.84. The van der Waals surface area contributed by atoms with E-state index in [0.29, 0.717) is 11.4 Å². The number of hydrogen-bond acceptors (Lipinski definition) is 3. The minimum Gasteiger partial charge on any atom is -0.460 e. The molecule has 0 radical (unpaired) electrons. The molecule has 0 aromatic heterocycles. The molecule has 2 rings (SSSR count). The molecule has 2 N–H and O–H groups in total. The molecule has 3 nitrogen and oxygen atoms in total. The number of halogens is 1. The number of esters is 1. The van der Waals surface area contributed by atoms with Gasteiger partial charge in [0.15, 0.2) is 0 Å². The molecule has 0 heterocycles. The van der Waals surface area contributed by atoms with Crippen molar-refractivity contribution in [3.05, 3.63) is 70.7 Å². The van der Waals surface area contributed by atoms with Gasteiger partial charge in [-0.2, -0.15) is 0 Å². The molecule has 20 heavy (non-hydrogen) atoms. The minimum atomic E-state index is -0.667. The summed E-state index contributed by atoms with van der Waals surface area (Å²) < 4.78 is 5.19. The van der Waals surface area contributed by atoms with E-state index >= 15 is 0 Å². The van der Waals surface area contributed by atoms with Gasteiger partial charge in [0, 0.05) is 10.6 Å². The van der Waals surface area contributed by atoms with Crippen molar-refractivity contribution < 1.29 is 9.53 Å². The van der Waals surface area contributed by atoms with E-state index < -0.39 is 12.0 Å². The van der Waals surface area contributed by atoms with Crippen molar-refractivity contribution in [1.82, 2.24) is 0 Å². The molecule has 0 spiro atoms. The van der Waals surface area contributed by atoms with Crippen LogP contribution in [0.15, 0.2) is 54.6 Å². The van der Waals surface area contributed by atoms with Crippen LogP contribution in [-0.4, -0.2) is 12.0 Å². The van der Waals surface area contributed by atoms with Crippen LogP contribution in [0, 0.1) is 0 Å². The number of carbonyl (C=O) groups is 1. The number of carbonyl (C=O) groups excluding carboxylic acids is 1. The van der Waals surface area contributed by atoms with Crippen molar-refractivity contribution in [3.8, 4) is 0 Å². The Morgan fingerprint density at radius 2 is 1.75 bits per heavy atom. The van der Waals surface area contributed by atoms with E-state index in [0.717, 1.165) is 11.1 Å². The zero-order valence-corrected chi connectivity index (χ0v) is 11.7. The third-order valence-corrected chi connectivity index (χ3v) is 3.30. The van der Waals surface area contributed by atoms with Gasteiger partial charge >= 0.3 is 5.97 Å². The Labute approximate surface area is 123 Å². The highest BCUT2D eigenvalue weighted by atomic mass is 35.5. The average molecular weight is 290 g/mol. The maximum atomic E-state index is 11.8. The second-order valence-corrected chi connectivity index (χ2v) is 4.90. The van der Waals surface area contributed by atoms with Gasteiger partial charge in [-0.25, -0.2) is 0 Å². The lowest BCUT2D eigenvalue weighted by molar-refractivity contribution is -0.146. The third kappa shape index (κ3) is 4.08. The molecule has 4 heteroatoms. The molecule has 0 aliphatic carbocycles. The van der Waals surface area contributed by atoms with E-state index in [9.17, 15) is 4.79 Å². The van der Waals surface area contributed by atoms with Crippen molar-refractivity contribution in [3.63, 3.8) is 0 Å². The van der Waals surface area contributed by atoms with Gasteiger partial charge in [0.1, 0.15) is 12.6 Å². The Morgan fingerprint density at radius 1 is 1.10 bits per heavy atom. The third-order valence-electron chi connectivity index (χ3n) is 2.93. The number of benzene rings is 2. The van der Waals surface area contributed by atoms with Crippen LogP contribution in [0.5, 0.6) is 0 Å². The Kier molecular flexibility index (Phi) is 5.16. The SMILES string of the molecule is NC(Cc1ccccc1)C(=O)OCc1ccccc1Cl. The average Bonchev–Trinajstić information content (AvgIpc) is 2.47. The van der Waals surface area contributed by atoms with Crippen LogP contribution in [0.1, 0.15) is 11.1 Å². The van der Waals surface area contributed by atoms with Gasteiger partial charge < -0.3 is 10.5 Å². The summed E-state index contributed by atoms with van der Waals surface area (Å²) in [5.41, 5.74) is 7.63. The Balaban J connectivity index is 1.87. The van der Waals surface area contributed by atoms with Gasteiger partial charge in [-0.3, -0.25) is 4.79 Å². The van der Waals surface area contributed by atoms with Gasteiger partial charge in [-0.15, -0.1) is 0 Å². The number of hydrogen-bond donors (Lipinski definition) is 1. The molecule has 1 atom stereocenters. The highest BCUT2D eigenvalue weighted by Gasteiger charge is 2.16. The summed E-state index contributed by atoms with van der Waals surface area (Å²) in [7, 11) is 0. The summed E-state index contributed by atoms with van der Waals surface area (Å²) in [6.45, 7) is 0.140. The van der Waals surface area contributed by atoms with E-state index in [1.807, 2.05) is 48.5 Å². The van der Waals surface area contributed by atoms with Crippen LogP contribution in [-0.2, 0) is 22.6 Å². The van der Waals surface area contributed by atoms with Crippen LogP contribution in [0.3, 0.4) is 0 Å². The van der Waals surface area contributed by atoms with E-state index in [-0.39, 0.29) is 6.61 Å². The van der Waals surface area contributed by atoms with E-state index in [1.165, 1.54) is 0 Å². The Bertz CT molecular complexity index is 572. The molecule has 0 amide bonds. The number of ether oxygens (including phenoxy) is 1. The molecule has 0 aliphatic heterocycles. The van der Waals surface area contributed by atoms with Crippen LogP contribution >= 0.6 is 11.6 Å². The fourth-order valence-corrected chi connectivity index (χ4v) is 2.01. The fraction of sp³-hybridized carbons (Fsp3) is 0.188. The van der Waals surface area contributed by atoms with Crippen LogP contribution < -0.4 is 5.73 Å². The summed E-state index contributed by atoms with van der Waals surface area (Å²) in [6, 6.07) is 16.2. The minimum absolute atomic E-state index is 0.140. The van der Waals surface area contributed by atoms with Crippen molar-refractivity contribution in [2.24, 2.45) is 5.73 Å². The van der Waals surface area contributed by atoms with Crippen molar-refractivity contribution in [1.29, 1.82) is 0 Å². The zero-order valence-electron chi connectivity index (χ0n) is 11.0. The maximum absolute atomic E-state index is 11.8. The largest absolute Gasteiger partial charge is 0.460 e. The summed E-state index contributed by atoms with van der Waals surface area (Å²) in [4.78, 5) is 11.8. The van der Waals surface area contributed by atoms with Crippen molar-refractivity contribution in [2.45, 2.75) is 19.1 Å². The summed E-state index contributed by atoms with van der Waals surface area (Å²) in [5, 5.41) is 0.580. The van der Waals surface area contributed by atoms with Crippen LogP contribution in [0.25, 0.3) is 0 Å². The lowest BCUT2D eigenvalue weighted by Gasteiger charge is -2.12. The first-order chi connectivity index (χ1) is 9.66. The second-order valence-electron chi connectivity index (χ2n) is 4.50. The highest BCUT2D eigenvalue weighted by Crippen LogP contribution is 2.16. The van der Waals surface area contributed by atoms with Gasteiger partial charge in [0.2, 0.25) is 0 Å². The lowest BCUT2D eigenvalue weighted by Crippen LogP contribution is -2.34. The maximum Gasteiger partial charge on any atom is 0.323 e. The predicted octanol–water partition coefficient (Wildman–Crippen LogP) is 2.95. The predicted molar refractivity (Wildman–Crippen MR) is 79.4 cm³/mol. The molecule has 2 aromatic carbocycles. The van der Waals surface area contributed by atoms with E-state index in [2.05, 4.69) is 0 Å². The molecule has 0 saturated carbocycles. The van der Waals surface area contributed by atoms with Crippen molar-refractivity contribution in [2.75, 3.05) is 0 Å². The number of nitrogens with two attached hydrogens (primary N) is 1. The standard InChI is InChI=1S/C16H16ClNO2/c17-14-9-5-4-8-13(14)11-20-16(19)15(18)10-12-6-2-1-3-7-12/h1-9,15H,10-11,18H2. The first-order valence-corrected chi connectivity index (χ1v) is 6.74. The first-order valence-electron chi connectivity index (χ1n) is 6.36. The molecule has 0 aliphatic rings. The zero-order chi connectivity index (χ0) is 14.4. The number of rotatable bonds is 5. The Morgan fingerprint density at radius 3 is 2.45 bits per heavy atom. The molecular weight excluding hydrogens is 274 g/mol. The van der Waals surface area contributed by atoms with Crippen LogP contribution in [0.2, 0.25) is 5.02 Å². The van der Waals surface area contributed by atoms with E-state index in [1.54, 1.807) is 6.07 Å². The van der Waals surface area contributed by atoms with E-state index in [4.69, 9.17) is 22.1 Å². The molecule has 0 bridgehead atoms. The van der Waals surface area contributed by atoms with Gasteiger partial charge in [0.05, 0.1) is 0 Å². The fourth-order valence-electron chi connectivity index (χ4n) is 1.82. The summed E-state index contributed by atoms with van der Waals surface area (Å²) in [6.07, 6.45) is 0.461. The van der Waals surface area contributed by atoms with Gasteiger partial charge in [0.25, 0.3) is 0 Å². The van der Waals surface area contributed by atoms with Crippen molar-refractivity contribution >= 4 is 17.6 Å². The monoisotopic (exact) mass is 289 g/mol. The molecule has 104 valence electrons. The molecule has 1 unspecified atom stereocenters. The molecule has 0 saturated heterocycles. The normalized spacial score (nSPS) is 11.9. The first kappa shape index (κ1) is 14.6. The molecule has 0 fully saturated rings. The van der Waals surface area contributed by atoms with Crippen LogP contribution in [0.4, 0.5) is 0 Å². The quantitative estimate of drug-likeness (QED) is 0.861. The molecular formula is C16H16ClNO2. The smallest absolute Gasteiger partial charge is 0.323 e. The summed E-state index contributed by atoms with van der Waals surface area (Å²) in [5.74, 6) is -0.422. The van der Waals surface area contributed by atoms with Gasteiger partial charge in [-0.1, -0.05) is 60.1 Å². The topological polar surface area (TPSA) is 52.3 Å². The van der Waals surface area contributed by atoms with Gasteiger partial charge in [-0.05, 0) is 18.1 Å².